The van der Waals surface area contributed by atoms with Crippen LogP contribution in [-0.4, -0.2) is 18.1 Å². The first-order valence-electron chi connectivity index (χ1n) is 9.73. The summed E-state index contributed by atoms with van der Waals surface area (Å²) in [6.45, 7) is 4.57. The van der Waals surface area contributed by atoms with Gasteiger partial charge in [-0.25, -0.2) is 4.79 Å². The quantitative estimate of drug-likeness (QED) is 0.401. The molecular formula is C26H21NO2. The van der Waals surface area contributed by atoms with Crippen LogP contribution in [0.1, 0.15) is 35.3 Å². The third kappa shape index (κ3) is 2.51. The number of ether oxygens (including phenoxy) is 1. The number of aromatic nitrogens is 1. The zero-order chi connectivity index (χ0) is 20.2. The van der Waals surface area contributed by atoms with E-state index >= 15 is 0 Å². The Morgan fingerprint density at radius 1 is 0.897 bits per heavy atom. The molecule has 0 amide bonds. The number of rotatable bonds is 2. The van der Waals surface area contributed by atoms with Crippen molar-refractivity contribution in [2.45, 2.75) is 19.3 Å². The van der Waals surface area contributed by atoms with Crippen molar-refractivity contribution in [1.29, 1.82) is 0 Å². The van der Waals surface area contributed by atoms with Gasteiger partial charge >= 0.3 is 5.97 Å². The molecule has 1 aliphatic carbocycles. The van der Waals surface area contributed by atoms with Gasteiger partial charge in [-0.15, -0.1) is 0 Å². The highest BCUT2D eigenvalue weighted by molar-refractivity contribution is 6.06. The minimum atomic E-state index is -0.378. The Hall–Kier alpha value is -3.46. The van der Waals surface area contributed by atoms with Crippen molar-refractivity contribution in [3.8, 4) is 22.4 Å². The van der Waals surface area contributed by atoms with Crippen LogP contribution in [0.4, 0.5) is 0 Å². The fraction of sp³-hybridized carbons (Fsp3) is 0.154. The van der Waals surface area contributed by atoms with Gasteiger partial charge in [-0.2, -0.15) is 0 Å². The van der Waals surface area contributed by atoms with E-state index in [1.807, 2.05) is 0 Å². The summed E-state index contributed by atoms with van der Waals surface area (Å²) in [5.41, 5.74) is 7.01. The monoisotopic (exact) mass is 379 g/mol. The molecule has 0 N–H and O–H groups in total. The molecule has 3 heteroatoms. The molecule has 4 aromatic rings. The minimum Gasteiger partial charge on any atom is -0.465 e. The SMILES string of the molecule is COC(=O)c1cccnc1-c1cc2c3c(cccc3c1)C(C)(C)c1ccccc1-2. The van der Waals surface area contributed by atoms with Crippen molar-refractivity contribution < 1.29 is 9.53 Å². The van der Waals surface area contributed by atoms with Crippen LogP contribution in [-0.2, 0) is 10.2 Å². The average molecular weight is 379 g/mol. The average Bonchev–Trinajstić information content (AvgIpc) is 2.76. The number of fused-ring (bicyclic) bond motifs is 2. The lowest BCUT2D eigenvalue weighted by Crippen LogP contribution is -2.23. The third-order valence-corrected chi connectivity index (χ3v) is 6.03. The molecule has 0 aliphatic heterocycles. The van der Waals surface area contributed by atoms with Gasteiger partial charge in [0.05, 0.1) is 18.4 Å². The van der Waals surface area contributed by atoms with Crippen LogP contribution in [0.3, 0.4) is 0 Å². The van der Waals surface area contributed by atoms with E-state index in [-0.39, 0.29) is 11.4 Å². The minimum absolute atomic E-state index is 0.0766. The lowest BCUT2D eigenvalue weighted by atomic mass is 9.68. The van der Waals surface area contributed by atoms with Gasteiger partial charge in [0.1, 0.15) is 0 Å². The van der Waals surface area contributed by atoms with Crippen LogP contribution >= 0.6 is 0 Å². The highest BCUT2D eigenvalue weighted by Gasteiger charge is 2.33. The molecule has 0 unspecified atom stereocenters. The van der Waals surface area contributed by atoms with Gasteiger partial charge in [-0.3, -0.25) is 4.98 Å². The van der Waals surface area contributed by atoms with Gasteiger partial charge in [0.25, 0.3) is 0 Å². The molecule has 0 atom stereocenters. The van der Waals surface area contributed by atoms with Crippen molar-refractivity contribution in [1.82, 2.24) is 4.98 Å². The van der Waals surface area contributed by atoms with E-state index in [1.54, 1.807) is 18.3 Å². The predicted octanol–water partition coefficient (Wildman–Crippen LogP) is 5.99. The van der Waals surface area contributed by atoms with E-state index in [0.29, 0.717) is 11.3 Å². The molecule has 29 heavy (non-hydrogen) atoms. The number of carbonyl (C=O) groups excluding carboxylic acids is 1. The fourth-order valence-corrected chi connectivity index (χ4v) is 4.62. The maximum atomic E-state index is 12.3. The molecule has 3 aromatic carbocycles. The molecule has 1 aliphatic rings. The highest BCUT2D eigenvalue weighted by atomic mass is 16.5. The number of esters is 1. The van der Waals surface area contributed by atoms with Crippen molar-refractivity contribution in [2.75, 3.05) is 7.11 Å². The summed E-state index contributed by atoms with van der Waals surface area (Å²) in [5, 5.41) is 2.43. The van der Waals surface area contributed by atoms with E-state index in [1.165, 1.54) is 34.7 Å². The zero-order valence-electron chi connectivity index (χ0n) is 16.7. The van der Waals surface area contributed by atoms with E-state index in [0.717, 1.165) is 10.9 Å². The van der Waals surface area contributed by atoms with Crippen LogP contribution in [0.25, 0.3) is 33.2 Å². The number of hydrogen-bond donors (Lipinski definition) is 0. The highest BCUT2D eigenvalue weighted by Crippen LogP contribution is 2.49. The summed E-state index contributed by atoms with van der Waals surface area (Å²) in [5.74, 6) is -0.378. The first-order valence-corrected chi connectivity index (χ1v) is 9.73. The molecule has 0 radical (unpaired) electrons. The van der Waals surface area contributed by atoms with Crippen molar-refractivity contribution in [2.24, 2.45) is 0 Å². The Morgan fingerprint density at radius 2 is 1.69 bits per heavy atom. The Morgan fingerprint density at radius 3 is 2.52 bits per heavy atom. The van der Waals surface area contributed by atoms with Gasteiger partial charge in [-0.05, 0) is 57.3 Å². The van der Waals surface area contributed by atoms with Crippen molar-refractivity contribution >= 4 is 16.7 Å². The van der Waals surface area contributed by atoms with Crippen LogP contribution in [0.15, 0.2) is 72.9 Å². The zero-order valence-corrected chi connectivity index (χ0v) is 16.7. The summed E-state index contributed by atoms with van der Waals surface area (Å²) >= 11 is 0. The van der Waals surface area contributed by atoms with Gasteiger partial charge in [0.15, 0.2) is 0 Å². The number of carbonyl (C=O) groups is 1. The number of methoxy groups -OCH3 is 1. The summed E-state index contributed by atoms with van der Waals surface area (Å²) in [6, 6.07) is 22.9. The fourth-order valence-electron chi connectivity index (χ4n) is 4.62. The second kappa shape index (κ2) is 6.28. The smallest absolute Gasteiger partial charge is 0.340 e. The van der Waals surface area contributed by atoms with Crippen molar-refractivity contribution in [3.05, 3.63) is 89.6 Å². The Labute approximate surface area is 170 Å². The molecule has 142 valence electrons. The van der Waals surface area contributed by atoms with E-state index in [9.17, 15) is 4.79 Å². The van der Waals surface area contributed by atoms with E-state index in [4.69, 9.17) is 4.74 Å². The Kier molecular flexibility index (Phi) is 3.82. The van der Waals surface area contributed by atoms with Gasteiger partial charge in [-0.1, -0.05) is 56.3 Å². The second-order valence-electron chi connectivity index (χ2n) is 7.99. The molecule has 5 rings (SSSR count). The van der Waals surface area contributed by atoms with Gasteiger partial charge in [0.2, 0.25) is 0 Å². The van der Waals surface area contributed by atoms with Crippen molar-refractivity contribution in [3.63, 3.8) is 0 Å². The second-order valence-corrected chi connectivity index (χ2v) is 7.99. The maximum absolute atomic E-state index is 12.3. The number of benzene rings is 3. The molecular weight excluding hydrogens is 358 g/mol. The van der Waals surface area contributed by atoms with Gasteiger partial charge < -0.3 is 4.74 Å². The largest absolute Gasteiger partial charge is 0.465 e. The normalized spacial score (nSPS) is 13.8. The topological polar surface area (TPSA) is 39.2 Å². The summed E-state index contributed by atoms with van der Waals surface area (Å²) in [7, 11) is 1.40. The molecule has 1 heterocycles. The third-order valence-electron chi connectivity index (χ3n) is 6.03. The first-order chi connectivity index (χ1) is 14.0. The van der Waals surface area contributed by atoms with Crippen LogP contribution in [0.5, 0.6) is 0 Å². The van der Waals surface area contributed by atoms with Crippen LogP contribution in [0.2, 0.25) is 0 Å². The maximum Gasteiger partial charge on any atom is 0.340 e. The summed E-state index contributed by atoms with van der Waals surface area (Å²) in [6.07, 6.45) is 1.71. The summed E-state index contributed by atoms with van der Waals surface area (Å²) in [4.78, 5) is 16.8. The standard InChI is InChI=1S/C26H21NO2/c1-26(2)21-11-5-4-9-18(21)20-15-17(14-16-8-6-12-22(26)23(16)20)24-19(25(28)29-3)10-7-13-27-24/h4-15H,1-3H3. The van der Waals surface area contributed by atoms with E-state index < -0.39 is 0 Å². The molecule has 0 fully saturated rings. The number of hydrogen-bond acceptors (Lipinski definition) is 3. The number of nitrogens with zero attached hydrogens (tertiary/aromatic N) is 1. The summed E-state index contributed by atoms with van der Waals surface area (Å²) < 4.78 is 4.98. The van der Waals surface area contributed by atoms with E-state index in [2.05, 4.69) is 73.4 Å². The molecule has 1 aromatic heterocycles. The van der Waals surface area contributed by atoms with Crippen LogP contribution < -0.4 is 0 Å². The lowest BCUT2D eigenvalue weighted by Gasteiger charge is -2.35. The Balaban J connectivity index is 1.87. The van der Waals surface area contributed by atoms with Gasteiger partial charge in [0, 0.05) is 17.2 Å². The Bertz CT molecular complexity index is 1290. The molecule has 0 spiro atoms. The first kappa shape index (κ1) is 17.6. The molecule has 3 nitrogen and oxygen atoms in total. The lowest BCUT2D eigenvalue weighted by molar-refractivity contribution is 0.0601. The molecule has 0 saturated heterocycles. The molecule has 0 saturated carbocycles. The molecule has 0 bridgehead atoms. The van der Waals surface area contributed by atoms with Crippen LogP contribution in [0, 0.1) is 0 Å². The number of pyridine rings is 1. The predicted molar refractivity (Wildman–Crippen MR) is 116 cm³/mol.